The number of benzene rings is 2. The van der Waals surface area contributed by atoms with Crippen LogP contribution in [0.25, 0.3) is 21.8 Å². The number of halogens is 3. The van der Waals surface area contributed by atoms with Crippen molar-refractivity contribution in [2.75, 3.05) is 39.3 Å². The second kappa shape index (κ2) is 12.3. The van der Waals surface area contributed by atoms with Crippen molar-refractivity contribution < 1.29 is 42.0 Å². The number of carbonyl (C=O) groups is 1. The number of fused-ring (bicyclic) bond motifs is 2. The summed E-state index contributed by atoms with van der Waals surface area (Å²) in [7, 11) is 2.98. The third kappa shape index (κ3) is 6.99. The van der Waals surface area contributed by atoms with Gasteiger partial charge in [-0.05, 0) is 38.1 Å². The molecule has 0 saturated carbocycles. The molecule has 0 fully saturated rings. The first-order valence-electron chi connectivity index (χ1n) is 12.3. The molecule has 0 spiro atoms. The van der Waals surface area contributed by atoms with Gasteiger partial charge in [-0.1, -0.05) is 0 Å². The summed E-state index contributed by atoms with van der Waals surface area (Å²) >= 11 is 0. The lowest BCUT2D eigenvalue weighted by molar-refractivity contribution is -0.189. The maximum Gasteiger partial charge on any atom is 0.491 e. The quantitative estimate of drug-likeness (QED) is 0.177. The van der Waals surface area contributed by atoms with E-state index in [1.54, 1.807) is 32.0 Å². The zero-order valence-corrected chi connectivity index (χ0v) is 22.5. The minimum Gasteiger partial charge on any atom is -0.493 e. The Morgan fingerprint density at radius 3 is 2.34 bits per heavy atom. The fraction of sp³-hybridized carbons (Fsp3) is 0.346. The highest BCUT2D eigenvalue weighted by Gasteiger charge is 2.42. The summed E-state index contributed by atoms with van der Waals surface area (Å²) < 4.78 is 60.1. The monoisotopic (exact) mass is 576 g/mol. The van der Waals surface area contributed by atoms with E-state index in [1.807, 2.05) is 0 Å². The van der Waals surface area contributed by atoms with Gasteiger partial charge in [-0.3, -0.25) is 5.32 Å². The molecule has 0 radical (unpaired) electrons. The zero-order chi connectivity index (χ0) is 29.7. The van der Waals surface area contributed by atoms with Crippen molar-refractivity contribution in [1.82, 2.24) is 25.3 Å². The Hall–Kier alpha value is -4.50. The van der Waals surface area contributed by atoms with E-state index < -0.39 is 18.0 Å². The predicted molar refractivity (Wildman–Crippen MR) is 142 cm³/mol. The summed E-state index contributed by atoms with van der Waals surface area (Å²) in [6.07, 6.45) is -5.26. The number of methoxy groups -OCH3 is 2. The second-order valence-corrected chi connectivity index (χ2v) is 8.79. The molecule has 0 bridgehead atoms. The smallest absolute Gasteiger partial charge is 0.491 e. The molecule has 0 amide bonds. The molecular formula is C26H27F3N6O6. The van der Waals surface area contributed by atoms with Gasteiger partial charge in [0.15, 0.2) is 11.5 Å². The molecule has 12 nitrogen and oxygen atoms in total. The molecule has 218 valence electrons. The van der Waals surface area contributed by atoms with E-state index in [0.717, 1.165) is 0 Å². The topological polar surface area (TPSA) is 150 Å². The van der Waals surface area contributed by atoms with E-state index in [2.05, 4.69) is 35.3 Å². The Bertz CT molecular complexity index is 1570. The van der Waals surface area contributed by atoms with Crippen molar-refractivity contribution in [2.45, 2.75) is 26.1 Å². The molecule has 3 N–H and O–H groups in total. The summed E-state index contributed by atoms with van der Waals surface area (Å²) in [5.41, 5.74) is 1.22. The Balaban J connectivity index is 1.68. The minimum atomic E-state index is -5.26. The van der Waals surface area contributed by atoms with Gasteiger partial charge >= 0.3 is 12.1 Å². The van der Waals surface area contributed by atoms with Crippen LogP contribution in [0.1, 0.15) is 12.6 Å². The maximum absolute atomic E-state index is 13.0. The molecule has 15 heteroatoms. The highest BCUT2D eigenvalue weighted by molar-refractivity contribution is 5.90. The molecular weight excluding hydrogens is 549 g/mol. The number of rotatable bonds is 11. The number of carbonyl (C=O) groups excluding carboxylic acids is 1. The van der Waals surface area contributed by atoms with Crippen LogP contribution in [0.2, 0.25) is 0 Å². The largest absolute Gasteiger partial charge is 0.493 e. The number of hydrogen-bond donors (Lipinski definition) is 3. The lowest BCUT2D eigenvalue weighted by Gasteiger charge is -2.14. The number of esters is 1. The van der Waals surface area contributed by atoms with Gasteiger partial charge in [0.2, 0.25) is 17.8 Å². The van der Waals surface area contributed by atoms with Crippen LogP contribution < -0.4 is 29.6 Å². The number of aromatic nitrogens is 4. The highest BCUT2D eigenvalue weighted by atomic mass is 19.4. The number of alkyl halides is 3. The summed E-state index contributed by atoms with van der Waals surface area (Å²) in [5, 5.41) is 15.6. The van der Waals surface area contributed by atoms with Crippen LogP contribution >= 0.6 is 0 Å². The molecule has 4 rings (SSSR count). The van der Waals surface area contributed by atoms with Crippen molar-refractivity contribution in [1.29, 1.82) is 0 Å². The molecule has 0 aliphatic carbocycles. The molecule has 1 atom stereocenters. The van der Waals surface area contributed by atoms with Crippen LogP contribution in [0.4, 0.5) is 25.1 Å². The van der Waals surface area contributed by atoms with Gasteiger partial charge in [0.1, 0.15) is 12.4 Å². The van der Waals surface area contributed by atoms with Crippen molar-refractivity contribution in [3.63, 3.8) is 0 Å². The van der Waals surface area contributed by atoms with E-state index in [4.69, 9.17) is 19.3 Å². The maximum atomic E-state index is 13.0. The number of nitrogens with one attached hydrogen (secondary N) is 2. The van der Waals surface area contributed by atoms with Crippen LogP contribution in [0.15, 0.2) is 30.3 Å². The van der Waals surface area contributed by atoms with E-state index >= 15 is 0 Å². The van der Waals surface area contributed by atoms with Gasteiger partial charge in [-0.15, -0.1) is 0 Å². The average Bonchev–Trinajstić information content (AvgIpc) is 2.94. The Morgan fingerprint density at radius 2 is 1.66 bits per heavy atom. The lowest BCUT2D eigenvalue weighted by Crippen LogP contribution is -2.32. The second-order valence-electron chi connectivity index (χ2n) is 8.79. The molecule has 0 saturated heterocycles. The lowest BCUT2D eigenvalue weighted by atomic mass is 10.1. The summed E-state index contributed by atoms with van der Waals surface area (Å²) in [6, 6.07) is 7.63. The van der Waals surface area contributed by atoms with Crippen LogP contribution in [0.3, 0.4) is 0 Å². The van der Waals surface area contributed by atoms with E-state index in [-0.39, 0.29) is 47.8 Å². The highest BCUT2D eigenvalue weighted by Crippen LogP contribution is 2.34. The van der Waals surface area contributed by atoms with Gasteiger partial charge in [-0.25, -0.2) is 19.7 Å². The van der Waals surface area contributed by atoms with Gasteiger partial charge in [0, 0.05) is 24.0 Å². The van der Waals surface area contributed by atoms with E-state index in [0.29, 0.717) is 34.6 Å². The standard InChI is InChI=1S/C26H27F3N6O6/c1-13(12-36)30-7-8-40-15-5-6-18-17(9-15)22(41-23(37)26(27,28)29)34-25(32-18)35-24-31-14(2)16-10-20(38-3)21(39-4)11-19(16)33-24/h5-6,9-11,13,30,36H,7-8,12H2,1-4H3,(H,31,32,33,34,35). The van der Waals surface area contributed by atoms with Gasteiger partial charge in [0.25, 0.3) is 0 Å². The van der Waals surface area contributed by atoms with E-state index in [9.17, 15) is 18.0 Å². The number of hydrogen-bond acceptors (Lipinski definition) is 12. The number of aryl methyl sites for hydroxylation is 1. The summed E-state index contributed by atoms with van der Waals surface area (Å²) in [4.78, 5) is 28.9. The number of nitrogens with zero attached hydrogens (tertiary/aromatic N) is 4. The van der Waals surface area contributed by atoms with Gasteiger partial charge < -0.3 is 29.4 Å². The Labute approximate surface area is 231 Å². The molecule has 1 unspecified atom stereocenters. The Kier molecular flexibility index (Phi) is 8.88. The fourth-order valence-electron chi connectivity index (χ4n) is 3.75. The minimum absolute atomic E-state index is 0.00905. The number of aliphatic hydroxyl groups is 1. The number of aliphatic hydroxyl groups excluding tert-OH is 1. The first-order chi connectivity index (χ1) is 19.5. The van der Waals surface area contributed by atoms with E-state index in [1.165, 1.54) is 26.4 Å². The normalized spacial score (nSPS) is 12.3. The Morgan fingerprint density at radius 1 is 0.976 bits per heavy atom. The molecule has 0 aliphatic rings. The van der Waals surface area contributed by atoms with Gasteiger partial charge in [-0.2, -0.15) is 18.2 Å². The third-order valence-corrected chi connectivity index (χ3v) is 5.81. The van der Waals surface area contributed by atoms with Crippen molar-refractivity contribution in [3.05, 3.63) is 36.0 Å². The van der Waals surface area contributed by atoms with Crippen molar-refractivity contribution in [3.8, 4) is 23.1 Å². The molecule has 41 heavy (non-hydrogen) atoms. The fourth-order valence-corrected chi connectivity index (χ4v) is 3.75. The first-order valence-corrected chi connectivity index (χ1v) is 12.3. The summed E-state index contributed by atoms with van der Waals surface area (Å²) in [6.45, 7) is 4.07. The zero-order valence-electron chi connectivity index (χ0n) is 22.5. The molecule has 4 aromatic rings. The third-order valence-electron chi connectivity index (χ3n) is 5.81. The average molecular weight is 577 g/mol. The molecule has 0 aliphatic heterocycles. The first kappa shape index (κ1) is 29.5. The van der Waals surface area contributed by atoms with Crippen LogP contribution in [0.5, 0.6) is 23.1 Å². The SMILES string of the molecule is COc1cc2nc(Nc3nc(OC(=O)C(F)(F)F)c4cc(OCCNC(C)CO)ccc4n3)nc(C)c2cc1OC. The number of ether oxygens (including phenoxy) is 4. The van der Waals surface area contributed by atoms with Crippen molar-refractivity contribution in [2.24, 2.45) is 0 Å². The molecule has 2 aromatic heterocycles. The number of anilines is 2. The van der Waals surface area contributed by atoms with Gasteiger partial charge in [0.05, 0.1) is 42.9 Å². The molecule has 2 heterocycles. The molecule has 2 aromatic carbocycles. The summed E-state index contributed by atoms with van der Waals surface area (Å²) in [5.74, 6) is -2.05. The van der Waals surface area contributed by atoms with Crippen molar-refractivity contribution >= 4 is 39.7 Å². The van der Waals surface area contributed by atoms with Crippen LogP contribution in [0, 0.1) is 6.92 Å². The predicted octanol–water partition coefficient (Wildman–Crippen LogP) is 3.46. The van der Waals surface area contributed by atoms with Crippen LogP contribution in [-0.4, -0.2) is 77.2 Å². The van der Waals surface area contributed by atoms with Crippen LogP contribution in [-0.2, 0) is 4.79 Å².